The smallest absolute Gasteiger partial charge is 0.243 e. The normalized spacial score (nSPS) is 13.1. The minimum Gasteiger partial charge on any atom is -0.338 e. The molecule has 14 heavy (non-hydrogen) atoms. The van der Waals surface area contributed by atoms with Crippen LogP contribution in [0.3, 0.4) is 0 Å². The van der Waals surface area contributed by atoms with E-state index < -0.39 is 0 Å². The van der Waals surface area contributed by atoms with Crippen LogP contribution in [0.25, 0.3) is 0 Å². The Morgan fingerprint density at radius 1 is 1.50 bits per heavy atom. The molecule has 0 radical (unpaired) electrons. The van der Waals surface area contributed by atoms with E-state index >= 15 is 0 Å². The molecule has 1 heterocycles. The predicted octanol–water partition coefficient (Wildman–Crippen LogP) is 1.99. The van der Waals surface area contributed by atoms with Gasteiger partial charge >= 0.3 is 0 Å². The lowest BCUT2D eigenvalue weighted by molar-refractivity contribution is 0.339. The zero-order chi connectivity index (χ0) is 10.4. The van der Waals surface area contributed by atoms with E-state index in [1.165, 1.54) is 0 Å². The molecule has 0 aromatic carbocycles. The number of nitrogens with zero attached hydrogens (tertiary/aromatic N) is 2. The summed E-state index contributed by atoms with van der Waals surface area (Å²) in [7, 11) is 0. The molecule has 80 valence electrons. The van der Waals surface area contributed by atoms with Crippen molar-refractivity contribution in [3.63, 3.8) is 0 Å². The molecule has 0 fully saturated rings. The predicted molar refractivity (Wildman–Crippen MR) is 58.2 cm³/mol. The molecule has 1 unspecified atom stereocenters. The fourth-order valence-electron chi connectivity index (χ4n) is 1.09. The van der Waals surface area contributed by atoms with Crippen LogP contribution < -0.4 is 5.32 Å². The molecule has 1 rings (SSSR count). The molecule has 0 aliphatic rings. The highest BCUT2D eigenvalue weighted by atomic mass is 32.2. The summed E-state index contributed by atoms with van der Waals surface area (Å²) in [5, 5.41) is 7.14. The first-order valence-corrected chi connectivity index (χ1v) is 6.07. The first kappa shape index (κ1) is 11.5. The summed E-state index contributed by atoms with van der Waals surface area (Å²) in [6.07, 6.45) is 0. The van der Waals surface area contributed by atoms with Gasteiger partial charge < -0.3 is 9.84 Å². The van der Waals surface area contributed by atoms with Crippen LogP contribution in [-0.4, -0.2) is 22.4 Å². The van der Waals surface area contributed by atoms with Gasteiger partial charge in [-0.25, -0.2) is 0 Å². The van der Waals surface area contributed by atoms with Crippen LogP contribution >= 0.6 is 11.8 Å². The second kappa shape index (κ2) is 6.03. The van der Waals surface area contributed by atoms with Crippen molar-refractivity contribution >= 4 is 11.8 Å². The van der Waals surface area contributed by atoms with Crippen molar-refractivity contribution in [3.8, 4) is 0 Å². The molecule has 1 aromatic heterocycles. The minimum absolute atomic E-state index is 0.146. The van der Waals surface area contributed by atoms with E-state index in [0.29, 0.717) is 5.89 Å². The van der Waals surface area contributed by atoms with Crippen molar-refractivity contribution < 1.29 is 4.52 Å². The van der Waals surface area contributed by atoms with Gasteiger partial charge in [-0.2, -0.15) is 16.7 Å². The highest BCUT2D eigenvalue weighted by Crippen LogP contribution is 2.12. The fraction of sp³-hybridized carbons (Fsp3) is 0.778. The molecule has 0 spiro atoms. The lowest BCUT2D eigenvalue weighted by Crippen LogP contribution is -2.17. The molecule has 4 nitrogen and oxygen atoms in total. The highest BCUT2D eigenvalue weighted by Gasteiger charge is 2.12. The average Bonchev–Trinajstić information content (AvgIpc) is 2.63. The van der Waals surface area contributed by atoms with Gasteiger partial charge in [-0.15, -0.1) is 0 Å². The average molecular weight is 215 g/mol. The summed E-state index contributed by atoms with van der Waals surface area (Å²) in [5.41, 5.74) is 0. The summed E-state index contributed by atoms with van der Waals surface area (Å²) in [6.45, 7) is 7.10. The maximum Gasteiger partial charge on any atom is 0.243 e. The van der Waals surface area contributed by atoms with Gasteiger partial charge in [-0.3, -0.25) is 0 Å². The third-order valence-corrected chi connectivity index (χ3v) is 2.67. The molecule has 0 aliphatic carbocycles. The van der Waals surface area contributed by atoms with Gasteiger partial charge in [0.15, 0.2) is 5.82 Å². The van der Waals surface area contributed by atoms with Crippen LogP contribution in [0.5, 0.6) is 0 Å². The Balaban J connectivity index is 2.49. The molecule has 0 aliphatic heterocycles. The number of rotatable bonds is 6. The molecule has 0 bridgehead atoms. The Morgan fingerprint density at radius 2 is 2.29 bits per heavy atom. The van der Waals surface area contributed by atoms with Crippen molar-refractivity contribution in [2.45, 2.75) is 32.6 Å². The Hall–Kier alpha value is -0.550. The number of nitrogens with one attached hydrogen (secondary N) is 1. The summed E-state index contributed by atoms with van der Waals surface area (Å²) in [4.78, 5) is 4.31. The van der Waals surface area contributed by atoms with Crippen LogP contribution in [-0.2, 0) is 5.75 Å². The van der Waals surface area contributed by atoms with Crippen molar-refractivity contribution in [1.29, 1.82) is 0 Å². The van der Waals surface area contributed by atoms with E-state index in [-0.39, 0.29) is 6.04 Å². The van der Waals surface area contributed by atoms with Crippen LogP contribution in [0.4, 0.5) is 0 Å². The second-order valence-corrected chi connectivity index (χ2v) is 4.24. The van der Waals surface area contributed by atoms with Crippen LogP contribution in [0.1, 0.15) is 38.5 Å². The van der Waals surface area contributed by atoms with E-state index in [4.69, 9.17) is 4.52 Å². The van der Waals surface area contributed by atoms with Gasteiger partial charge in [0.05, 0.1) is 11.8 Å². The van der Waals surface area contributed by atoms with Gasteiger partial charge in [0.25, 0.3) is 0 Å². The molecule has 1 aromatic rings. The monoisotopic (exact) mass is 215 g/mol. The van der Waals surface area contributed by atoms with Crippen LogP contribution in [0, 0.1) is 0 Å². The Morgan fingerprint density at radius 3 is 2.93 bits per heavy atom. The highest BCUT2D eigenvalue weighted by molar-refractivity contribution is 7.98. The largest absolute Gasteiger partial charge is 0.338 e. The topological polar surface area (TPSA) is 51.0 Å². The standard InChI is InChI=1S/C9H17N3OS/c1-4-10-7(3)9-11-8(12-13-9)6-14-5-2/h7,10H,4-6H2,1-3H3. The maximum absolute atomic E-state index is 5.14. The fourth-order valence-corrected chi connectivity index (χ4v) is 1.59. The van der Waals surface area contributed by atoms with Crippen molar-refractivity contribution in [1.82, 2.24) is 15.5 Å². The first-order valence-electron chi connectivity index (χ1n) is 4.91. The molecular weight excluding hydrogens is 198 g/mol. The van der Waals surface area contributed by atoms with Crippen molar-refractivity contribution in [3.05, 3.63) is 11.7 Å². The van der Waals surface area contributed by atoms with Gasteiger partial charge in [0.1, 0.15) is 0 Å². The van der Waals surface area contributed by atoms with Gasteiger partial charge in [0, 0.05) is 0 Å². The number of hydrogen-bond acceptors (Lipinski definition) is 5. The van der Waals surface area contributed by atoms with Gasteiger partial charge in [-0.05, 0) is 19.2 Å². The van der Waals surface area contributed by atoms with Crippen LogP contribution in [0.2, 0.25) is 0 Å². The zero-order valence-electron chi connectivity index (χ0n) is 8.91. The second-order valence-electron chi connectivity index (χ2n) is 2.97. The summed E-state index contributed by atoms with van der Waals surface area (Å²) < 4.78 is 5.14. The van der Waals surface area contributed by atoms with E-state index in [9.17, 15) is 0 Å². The lowest BCUT2D eigenvalue weighted by atomic mass is 10.3. The minimum atomic E-state index is 0.146. The van der Waals surface area contributed by atoms with Gasteiger partial charge in [0.2, 0.25) is 5.89 Å². The molecule has 1 N–H and O–H groups in total. The Labute approximate surface area is 88.8 Å². The SMILES string of the molecule is CCNC(C)c1nc(CSCC)no1. The third-order valence-electron chi connectivity index (χ3n) is 1.80. The van der Waals surface area contributed by atoms with Crippen LogP contribution in [0.15, 0.2) is 4.52 Å². The van der Waals surface area contributed by atoms with E-state index in [1.807, 2.05) is 6.92 Å². The lowest BCUT2D eigenvalue weighted by Gasteiger charge is -2.04. The Bertz CT molecular complexity index is 264. The molecule has 0 saturated carbocycles. The van der Waals surface area contributed by atoms with E-state index in [2.05, 4.69) is 29.3 Å². The molecule has 0 saturated heterocycles. The van der Waals surface area contributed by atoms with E-state index in [0.717, 1.165) is 23.9 Å². The molecule has 0 amide bonds. The summed E-state index contributed by atoms with van der Waals surface area (Å²) in [5.74, 6) is 3.38. The van der Waals surface area contributed by atoms with E-state index in [1.54, 1.807) is 11.8 Å². The quantitative estimate of drug-likeness (QED) is 0.786. The number of aromatic nitrogens is 2. The molecular formula is C9H17N3OS. The van der Waals surface area contributed by atoms with Gasteiger partial charge in [-0.1, -0.05) is 19.0 Å². The van der Waals surface area contributed by atoms with Crippen molar-refractivity contribution in [2.24, 2.45) is 0 Å². The summed E-state index contributed by atoms with van der Waals surface area (Å²) in [6, 6.07) is 0.146. The Kier molecular flexibility index (Phi) is 4.97. The molecule has 1 atom stereocenters. The first-order chi connectivity index (χ1) is 6.77. The molecule has 5 heteroatoms. The maximum atomic E-state index is 5.14. The number of hydrogen-bond donors (Lipinski definition) is 1. The third kappa shape index (κ3) is 3.31. The zero-order valence-corrected chi connectivity index (χ0v) is 9.73. The van der Waals surface area contributed by atoms with Crippen molar-refractivity contribution in [2.75, 3.05) is 12.3 Å². The number of thioether (sulfide) groups is 1. The summed E-state index contributed by atoms with van der Waals surface area (Å²) >= 11 is 1.79.